The second kappa shape index (κ2) is 6.98. The molecule has 0 aliphatic rings. The van der Waals surface area contributed by atoms with Crippen molar-refractivity contribution in [1.82, 2.24) is 5.32 Å². The molecule has 0 heterocycles. The topological polar surface area (TPSA) is 38.3 Å². The lowest BCUT2D eigenvalue weighted by Gasteiger charge is -2.25. The Labute approximate surface area is 124 Å². The summed E-state index contributed by atoms with van der Waals surface area (Å²) in [5.41, 5.74) is 0.469. The van der Waals surface area contributed by atoms with Gasteiger partial charge in [-0.2, -0.15) is 0 Å². The van der Waals surface area contributed by atoms with Gasteiger partial charge in [-0.1, -0.05) is 24.3 Å². The van der Waals surface area contributed by atoms with Gasteiger partial charge in [0.05, 0.1) is 13.0 Å². The van der Waals surface area contributed by atoms with Crippen molar-refractivity contribution in [2.75, 3.05) is 6.61 Å². The van der Waals surface area contributed by atoms with Gasteiger partial charge in [0.15, 0.2) is 0 Å². The van der Waals surface area contributed by atoms with Crippen LogP contribution < -0.4 is 5.32 Å². The molecule has 0 fully saturated rings. The minimum atomic E-state index is -2.82. The van der Waals surface area contributed by atoms with E-state index in [-0.39, 0.29) is 18.0 Å². The van der Waals surface area contributed by atoms with Crippen molar-refractivity contribution >= 4 is 5.97 Å². The van der Waals surface area contributed by atoms with Gasteiger partial charge in [0, 0.05) is 24.6 Å². The van der Waals surface area contributed by atoms with Gasteiger partial charge >= 0.3 is 5.97 Å². The molecule has 3 nitrogen and oxygen atoms in total. The van der Waals surface area contributed by atoms with Gasteiger partial charge in [0.1, 0.15) is 0 Å². The van der Waals surface area contributed by atoms with Crippen LogP contribution >= 0.6 is 0 Å². The zero-order valence-corrected chi connectivity index (χ0v) is 13.0. The highest BCUT2D eigenvalue weighted by Crippen LogP contribution is 2.26. The molecule has 0 radical (unpaired) electrons. The Morgan fingerprint density at radius 1 is 1.19 bits per heavy atom. The summed E-state index contributed by atoms with van der Waals surface area (Å²) in [6.45, 7) is 7.31. The van der Waals surface area contributed by atoms with Crippen molar-refractivity contribution in [1.29, 1.82) is 0 Å². The highest BCUT2D eigenvalue weighted by molar-refractivity contribution is 5.70. The number of halogens is 2. The predicted molar refractivity (Wildman–Crippen MR) is 78.2 cm³/mol. The molecule has 0 saturated heterocycles. The SMILES string of the molecule is CCOC(=O)CC(C)(C)NCc1ccc(C(C)(F)F)cc1. The Morgan fingerprint density at radius 3 is 2.24 bits per heavy atom. The molecule has 0 aromatic heterocycles. The lowest BCUT2D eigenvalue weighted by Crippen LogP contribution is -2.41. The van der Waals surface area contributed by atoms with E-state index in [2.05, 4.69) is 5.32 Å². The molecular formula is C16H23F2NO2. The summed E-state index contributed by atoms with van der Waals surface area (Å²) < 4.78 is 31.1. The lowest BCUT2D eigenvalue weighted by atomic mass is 10.00. The van der Waals surface area contributed by atoms with Crippen LogP contribution in [0.2, 0.25) is 0 Å². The molecule has 0 bridgehead atoms. The minimum absolute atomic E-state index is 0.00275. The number of carbonyl (C=O) groups is 1. The van der Waals surface area contributed by atoms with E-state index in [1.54, 1.807) is 19.1 Å². The smallest absolute Gasteiger partial charge is 0.307 e. The number of hydrogen-bond donors (Lipinski definition) is 1. The summed E-state index contributed by atoms with van der Waals surface area (Å²) in [5.74, 6) is -3.08. The van der Waals surface area contributed by atoms with E-state index in [4.69, 9.17) is 4.74 Å². The number of benzene rings is 1. The van der Waals surface area contributed by atoms with Crippen LogP contribution in [0.25, 0.3) is 0 Å². The summed E-state index contributed by atoms with van der Waals surface area (Å²) in [7, 11) is 0. The number of nitrogens with one attached hydrogen (secondary N) is 1. The summed E-state index contributed by atoms with van der Waals surface area (Å²) in [4.78, 5) is 11.5. The second-order valence-corrected chi connectivity index (χ2v) is 5.80. The van der Waals surface area contributed by atoms with Crippen LogP contribution in [0.3, 0.4) is 0 Å². The Morgan fingerprint density at radius 2 is 1.76 bits per heavy atom. The highest BCUT2D eigenvalue weighted by atomic mass is 19.3. The summed E-state index contributed by atoms with van der Waals surface area (Å²) in [6.07, 6.45) is 0.256. The molecule has 0 spiro atoms. The first-order chi connectivity index (χ1) is 9.64. The number of esters is 1. The number of alkyl halides is 2. The molecule has 5 heteroatoms. The van der Waals surface area contributed by atoms with Crippen molar-refractivity contribution < 1.29 is 18.3 Å². The molecule has 1 rings (SSSR count). The maximum absolute atomic E-state index is 13.1. The van der Waals surface area contributed by atoms with Crippen LogP contribution in [-0.2, 0) is 22.0 Å². The average Bonchev–Trinajstić information content (AvgIpc) is 2.35. The quantitative estimate of drug-likeness (QED) is 0.782. The Bertz CT molecular complexity index is 464. The van der Waals surface area contributed by atoms with E-state index >= 15 is 0 Å². The van der Waals surface area contributed by atoms with Crippen molar-refractivity contribution in [3.05, 3.63) is 35.4 Å². The second-order valence-electron chi connectivity index (χ2n) is 5.80. The van der Waals surface area contributed by atoms with E-state index in [1.165, 1.54) is 12.1 Å². The summed E-state index contributed by atoms with van der Waals surface area (Å²) in [5, 5.41) is 3.23. The van der Waals surface area contributed by atoms with E-state index in [1.807, 2.05) is 13.8 Å². The first-order valence-electron chi connectivity index (χ1n) is 7.02. The molecule has 1 aromatic carbocycles. The highest BCUT2D eigenvalue weighted by Gasteiger charge is 2.24. The van der Waals surface area contributed by atoms with Gasteiger partial charge in [0.25, 0.3) is 5.92 Å². The average molecular weight is 299 g/mol. The fraction of sp³-hybridized carbons (Fsp3) is 0.562. The molecule has 1 aromatic rings. The Kier molecular flexibility index (Phi) is 5.84. The normalized spacial score (nSPS) is 12.3. The van der Waals surface area contributed by atoms with Crippen LogP contribution in [0.1, 0.15) is 45.2 Å². The third kappa shape index (κ3) is 6.21. The monoisotopic (exact) mass is 299 g/mol. The zero-order chi connectivity index (χ0) is 16.1. The fourth-order valence-corrected chi connectivity index (χ4v) is 1.89. The predicted octanol–water partition coefficient (Wildman–Crippen LogP) is 3.62. The van der Waals surface area contributed by atoms with E-state index in [9.17, 15) is 13.6 Å². The van der Waals surface area contributed by atoms with Crippen LogP contribution in [0, 0.1) is 0 Å². The Hall–Kier alpha value is -1.49. The van der Waals surface area contributed by atoms with Gasteiger partial charge in [-0.15, -0.1) is 0 Å². The van der Waals surface area contributed by atoms with Gasteiger partial charge in [-0.25, -0.2) is 8.78 Å². The van der Waals surface area contributed by atoms with Crippen LogP contribution in [0.4, 0.5) is 8.78 Å². The first-order valence-corrected chi connectivity index (χ1v) is 7.02. The third-order valence-electron chi connectivity index (χ3n) is 3.12. The number of carbonyl (C=O) groups excluding carboxylic acids is 1. The third-order valence-corrected chi connectivity index (χ3v) is 3.12. The van der Waals surface area contributed by atoms with Crippen molar-refractivity contribution in [3.8, 4) is 0 Å². The van der Waals surface area contributed by atoms with Crippen molar-refractivity contribution in [2.24, 2.45) is 0 Å². The number of rotatable bonds is 7. The molecule has 21 heavy (non-hydrogen) atoms. The van der Waals surface area contributed by atoms with Crippen LogP contribution in [-0.4, -0.2) is 18.1 Å². The lowest BCUT2D eigenvalue weighted by molar-refractivity contribution is -0.144. The molecular weight excluding hydrogens is 276 g/mol. The summed E-state index contributed by atoms with van der Waals surface area (Å²) >= 11 is 0. The molecule has 0 aliphatic heterocycles. The van der Waals surface area contributed by atoms with E-state index in [0.717, 1.165) is 12.5 Å². The first kappa shape index (κ1) is 17.6. The Balaban J connectivity index is 2.56. The maximum atomic E-state index is 13.1. The molecule has 1 N–H and O–H groups in total. The molecule has 118 valence electrons. The van der Waals surface area contributed by atoms with Crippen LogP contribution in [0.15, 0.2) is 24.3 Å². The van der Waals surface area contributed by atoms with E-state index < -0.39 is 11.5 Å². The molecule has 0 amide bonds. The van der Waals surface area contributed by atoms with Crippen molar-refractivity contribution in [3.63, 3.8) is 0 Å². The standard InChI is InChI=1S/C16H23F2NO2/c1-5-21-14(20)10-15(2,3)19-11-12-6-8-13(9-7-12)16(4,17)18/h6-9,19H,5,10-11H2,1-4H3. The molecule has 0 aliphatic carbocycles. The fourth-order valence-electron chi connectivity index (χ4n) is 1.89. The van der Waals surface area contributed by atoms with E-state index in [0.29, 0.717) is 13.2 Å². The number of ether oxygens (including phenoxy) is 1. The molecule has 0 saturated carbocycles. The minimum Gasteiger partial charge on any atom is -0.466 e. The van der Waals surface area contributed by atoms with Crippen LogP contribution in [0.5, 0.6) is 0 Å². The zero-order valence-electron chi connectivity index (χ0n) is 13.0. The molecule has 0 unspecified atom stereocenters. The largest absolute Gasteiger partial charge is 0.466 e. The van der Waals surface area contributed by atoms with Gasteiger partial charge < -0.3 is 10.1 Å². The van der Waals surface area contributed by atoms with Gasteiger partial charge in [0.2, 0.25) is 0 Å². The maximum Gasteiger partial charge on any atom is 0.307 e. The van der Waals surface area contributed by atoms with Gasteiger partial charge in [-0.05, 0) is 26.3 Å². The van der Waals surface area contributed by atoms with Crippen molar-refractivity contribution in [2.45, 2.75) is 52.1 Å². The number of hydrogen-bond acceptors (Lipinski definition) is 3. The summed E-state index contributed by atoms with van der Waals surface area (Å²) in [6, 6.07) is 6.19. The van der Waals surface area contributed by atoms with Gasteiger partial charge in [-0.3, -0.25) is 4.79 Å². The molecule has 0 atom stereocenters.